The van der Waals surface area contributed by atoms with Crippen LogP contribution in [0.4, 0.5) is 0 Å². The third-order valence-corrected chi connectivity index (χ3v) is 28.4. The zero-order valence-corrected chi connectivity index (χ0v) is 45.0. The van der Waals surface area contributed by atoms with Crippen molar-refractivity contribution >= 4 is 303 Å². The molecule has 0 unspecified atom stereocenters. The average Bonchev–Trinajstić information content (AvgIpc) is 1.36. The Bertz CT molecular complexity index is 6950. The summed E-state index contributed by atoms with van der Waals surface area (Å²) < 4.78 is 14.3. The summed E-state index contributed by atoms with van der Waals surface area (Å²) in [6.07, 6.45) is 13.1. The molecule has 5 aliphatic carbocycles. The van der Waals surface area contributed by atoms with Crippen LogP contribution in [0.5, 0.6) is 0 Å². The highest BCUT2D eigenvalue weighted by atomic mass is 16.6. The fraction of sp³-hybridized carbons (Fsp3) is 0.241. The number of benzene rings is 18. The van der Waals surface area contributed by atoms with Crippen molar-refractivity contribution in [3.05, 3.63) is 22.3 Å². The second-order valence-electron chi connectivity index (χ2n) is 29.8. The first-order valence-electron chi connectivity index (χ1n) is 32.3. The molecular formula is C79H34O4. The number of carbonyl (C=O) groups excluding carboxylic acids is 2. The summed E-state index contributed by atoms with van der Waals surface area (Å²) in [6, 6.07) is 0. The standard InChI is InChI=1S/C79H34O4/c1-3-5-7-9-11-13-15-82-75(80)79(76(81)83-16-14-12-10-8-6-4-2)77-71-63-55-45-35-27-19-17-18-21-25-23(19)31-39-33(25)43-37-29(21)30-22(18)26-24-20(17)28(27)36-42-32(24)40-34(26)44-38(30)48-47(37)57-51(43)61-53(39)59(49(55)41(31)35)67(71)69(61)73-65(57)66-58(48)52(44)62-54(40)60-50(42)56(46(36)45)64(63)72(77)68(60)70(62)74(66)78(73,77)79/h3-16H2,1-2H3. The molecule has 28 aromatic rings. The highest BCUT2D eigenvalue weighted by molar-refractivity contribution is 6.82. The second kappa shape index (κ2) is 9.12. The number of rotatable bonds is 16. The van der Waals surface area contributed by atoms with Crippen molar-refractivity contribution in [3.63, 3.8) is 0 Å². The summed E-state index contributed by atoms with van der Waals surface area (Å²) in [4.78, 5) is 34.9. The van der Waals surface area contributed by atoms with Gasteiger partial charge in [0.05, 0.1) is 24.0 Å². The molecule has 4 nitrogen and oxygen atoms in total. The van der Waals surface area contributed by atoms with Gasteiger partial charge in [0.1, 0.15) is 0 Å². The van der Waals surface area contributed by atoms with E-state index in [1.807, 2.05) is 0 Å². The number of hydrogen-bond acceptors (Lipinski definition) is 4. The maximum Gasteiger partial charge on any atom is 0.326 e. The molecule has 33 rings (SSSR count). The normalized spacial score (nSPS) is 18.8. The number of esters is 2. The van der Waals surface area contributed by atoms with Crippen molar-refractivity contribution in [2.24, 2.45) is 5.41 Å². The van der Waals surface area contributed by atoms with E-state index in [1.165, 1.54) is 255 Å². The molecule has 1 fully saturated rings. The van der Waals surface area contributed by atoms with Gasteiger partial charge in [-0.1, -0.05) is 78.1 Å². The van der Waals surface area contributed by atoms with E-state index in [-0.39, 0.29) is 11.9 Å². The molecule has 0 atom stereocenters. The lowest BCUT2D eigenvalue weighted by Gasteiger charge is -2.32. The molecule has 374 valence electrons. The van der Waals surface area contributed by atoms with Crippen LogP contribution >= 0.6 is 0 Å². The zero-order chi connectivity index (χ0) is 51.5. The Morgan fingerprint density at radius 1 is 0.217 bits per heavy atom. The summed E-state index contributed by atoms with van der Waals surface area (Å²) in [7, 11) is 0. The van der Waals surface area contributed by atoms with Gasteiger partial charge in [0.15, 0.2) is 5.41 Å². The molecule has 1 saturated carbocycles. The van der Waals surface area contributed by atoms with Gasteiger partial charge < -0.3 is 9.47 Å². The minimum Gasteiger partial charge on any atom is -0.465 e. The van der Waals surface area contributed by atoms with E-state index < -0.39 is 16.2 Å². The molecule has 0 saturated heterocycles. The number of ether oxygens (including phenoxy) is 2. The number of hydrogen-bond donors (Lipinski definition) is 0. The van der Waals surface area contributed by atoms with Crippen molar-refractivity contribution in [1.82, 2.24) is 0 Å². The summed E-state index contributed by atoms with van der Waals surface area (Å²) >= 11 is 0. The number of unbranched alkanes of at least 4 members (excludes halogenated alkanes) is 10. The third kappa shape index (κ3) is 2.22. The zero-order valence-electron chi connectivity index (χ0n) is 45.0. The molecule has 83 heavy (non-hydrogen) atoms. The lowest BCUT2D eigenvalue weighted by molar-refractivity contribution is -0.166. The van der Waals surface area contributed by atoms with Crippen LogP contribution in [-0.2, 0) is 29.9 Å². The van der Waals surface area contributed by atoms with E-state index in [1.54, 1.807) is 97.0 Å². The van der Waals surface area contributed by atoms with Crippen LogP contribution in [0.15, 0.2) is 0 Å². The molecule has 0 heterocycles. The minimum absolute atomic E-state index is 0.311. The van der Waals surface area contributed by atoms with Gasteiger partial charge in [0, 0.05) is 0 Å². The fourth-order valence-corrected chi connectivity index (χ4v) is 27.6. The number of carbonyl (C=O) groups is 2. The molecule has 0 aromatic heterocycles. The van der Waals surface area contributed by atoms with E-state index in [9.17, 15) is 0 Å². The van der Waals surface area contributed by atoms with E-state index >= 15 is 9.59 Å². The largest absolute Gasteiger partial charge is 0.465 e. The Morgan fingerprint density at radius 2 is 0.361 bits per heavy atom. The lowest BCUT2D eigenvalue weighted by atomic mass is 9.68. The van der Waals surface area contributed by atoms with Gasteiger partial charge >= 0.3 is 11.9 Å². The molecule has 0 bridgehead atoms. The highest BCUT2D eigenvalue weighted by Crippen LogP contribution is 2.96. The van der Waals surface area contributed by atoms with Crippen LogP contribution in [-0.4, -0.2) is 25.2 Å². The Morgan fingerprint density at radius 3 is 0.530 bits per heavy atom. The smallest absolute Gasteiger partial charge is 0.326 e. The van der Waals surface area contributed by atoms with Gasteiger partial charge in [-0.25, -0.2) is 0 Å². The summed E-state index contributed by atoms with van der Waals surface area (Å²) in [6.45, 7) is 5.19. The molecule has 0 radical (unpaired) electrons. The van der Waals surface area contributed by atoms with Crippen molar-refractivity contribution in [1.29, 1.82) is 0 Å². The molecule has 0 amide bonds. The molecule has 4 heteroatoms. The van der Waals surface area contributed by atoms with Gasteiger partial charge in [-0.2, -0.15) is 0 Å². The average molecular weight is 1050 g/mol. The molecule has 28 aromatic carbocycles. The Balaban J connectivity index is 0.930. The topological polar surface area (TPSA) is 52.6 Å². The minimum atomic E-state index is -1.67. The van der Waals surface area contributed by atoms with E-state index in [2.05, 4.69) is 13.8 Å². The van der Waals surface area contributed by atoms with E-state index in [4.69, 9.17) is 9.47 Å². The highest BCUT2D eigenvalue weighted by Gasteiger charge is 3.01. The van der Waals surface area contributed by atoms with Gasteiger partial charge in [0.25, 0.3) is 0 Å². The first-order valence-corrected chi connectivity index (χ1v) is 32.3. The first kappa shape index (κ1) is 36.1. The molecule has 5 aliphatic rings. The fourth-order valence-electron chi connectivity index (χ4n) is 27.6. The summed E-state index contributed by atoms with van der Waals surface area (Å²) in [5.41, 5.74) is 1.50. The molecular weight excluding hydrogens is 1010 g/mol. The van der Waals surface area contributed by atoms with E-state index in [0.717, 1.165) is 38.5 Å². The van der Waals surface area contributed by atoms with Crippen LogP contribution in [0.25, 0.3) is 291 Å². The lowest BCUT2D eigenvalue weighted by Crippen LogP contribution is -2.39. The Kier molecular flexibility index (Phi) is 3.96. The molecule has 0 N–H and O–H groups in total. The summed E-state index contributed by atoms with van der Waals surface area (Å²) in [5.74, 6) is -0.622. The predicted octanol–water partition coefficient (Wildman–Crippen LogP) is 21.1. The molecule has 2 spiro atoms. The molecule has 0 aliphatic heterocycles. The van der Waals surface area contributed by atoms with Gasteiger partial charge in [-0.05, 0) is 326 Å². The van der Waals surface area contributed by atoms with Crippen LogP contribution in [0.1, 0.15) is 113 Å². The van der Waals surface area contributed by atoms with Crippen LogP contribution < -0.4 is 0 Å². The second-order valence-corrected chi connectivity index (χ2v) is 29.8. The van der Waals surface area contributed by atoms with Crippen LogP contribution in [0.3, 0.4) is 0 Å². The predicted molar refractivity (Wildman–Crippen MR) is 345 cm³/mol. The van der Waals surface area contributed by atoms with Gasteiger partial charge in [-0.3, -0.25) is 9.59 Å². The summed E-state index contributed by atoms with van der Waals surface area (Å²) in [5, 5.41) is 81.3. The monoisotopic (exact) mass is 1050 g/mol. The van der Waals surface area contributed by atoms with Crippen molar-refractivity contribution in [2.75, 3.05) is 13.2 Å². The van der Waals surface area contributed by atoms with Crippen molar-refractivity contribution < 1.29 is 19.1 Å². The van der Waals surface area contributed by atoms with Crippen LogP contribution in [0, 0.1) is 5.41 Å². The SMILES string of the molecule is CCCCCCCCOC(=O)C1(C(=O)OCCCCCCCC)C23c4c5c6c7c8c9c(c%10c%11c2c2c4c4c%12c5c5c6c6c8c8c%13c9c9c%10c%10c%11c%11c2c2c4c4c%12c%12c5c5c6c8c6c8c%13c9c9c%10c%10c%11c2c2c4c4c%12c5c6c5c8c9c%10c2c45)C713. The van der Waals surface area contributed by atoms with Gasteiger partial charge in [0.2, 0.25) is 0 Å². The van der Waals surface area contributed by atoms with Crippen LogP contribution in [0.2, 0.25) is 0 Å². The maximum atomic E-state index is 17.5. The van der Waals surface area contributed by atoms with E-state index in [0.29, 0.717) is 13.2 Å². The first-order chi connectivity index (χ1) is 41.2. The quantitative estimate of drug-likeness (QED) is 0.0419. The van der Waals surface area contributed by atoms with Crippen molar-refractivity contribution in [3.8, 4) is 0 Å². The Labute approximate surface area is 461 Å². The van der Waals surface area contributed by atoms with Crippen molar-refractivity contribution in [2.45, 2.75) is 102 Å². The van der Waals surface area contributed by atoms with Gasteiger partial charge in [-0.15, -0.1) is 0 Å². The maximum absolute atomic E-state index is 17.5. The Hall–Kier alpha value is -8.60. The third-order valence-electron chi connectivity index (χ3n) is 28.4.